The molecule has 1 fully saturated rings. The monoisotopic (exact) mass is 353 g/mol. The lowest BCUT2D eigenvalue weighted by molar-refractivity contribution is -0.127. The predicted molar refractivity (Wildman–Crippen MR) is 105 cm³/mol. The first-order chi connectivity index (χ1) is 12.6. The Balaban J connectivity index is 1.47. The molecule has 1 heterocycles. The summed E-state index contributed by atoms with van der Waals surface area (Å²) < 4.78 is 5.65. The van der Waals surface area contributed by atoms with Gasteiger partial charge in [0.1, 0.15) is 5.75 Å². The average molecular weight is 353 g/mol. The molecule has 2 aromatic carbocycles. The molecule has 0 bridgehead atoms. The number of nitrogens with zero attached hydrogens (tertiary/aromatic N) is 2. The molecule has 26 heavy (non-hydrogen) atoms. The van der Waals surface area contributed by atoms with Crippen molar-refractivity contribution in [3.05, 3.63) is 60.2 Å². The van der Waals surface area contributed by atoms with Crippen LogP contribution < -0.4 is 15.0 Å². The van der Waals surface area contributed by atoms with Crippen molar-refractivity contribution in [2.24, 2.45) is 0 Å². The molecule has 0 radical (unpaired) electrons. The van der Waals surface area contributed by atoms with E-state index < -0.39 is 6.10 Å². The third kappa shape index (κ3) is 4.99. The van der Waals surface area contributed by atoms with Gasteiger partial charge in [0, 0.05) is 38.4 Å². The van der Waals surface area contributed by atoms with E-state index in [1.54, 1.807) is 6.92 Å². The average Bonchev–Trinajstić information content (AvgIpc) is 2.68. The number of hydrogen-bond acceptors (Lipinski definition) is 4. The molecule has 0 aromatic heterocycles. The predicted octanol–water partition coefficient (Wildman–Crippen LogP) is 2.52. The van der Waals surface area contributed by atoms with Gasteiger partial charge in [0.2, 0.25) is 0 Å². The van der Waals surface area contributed by atoms with Crippen LogP contribution in [0.15, 0.2) is 54.6 Å². The molecule has 1 aliphatic rings. The summed E-state index contributed by atoms with van der Waals surface area (Å²) in [5, 5.41) is 2.94. The van der Waals surface area contributed by atoms with Crippen molar-refractivity contribution in [2.45, 2.75) is 19.6 Å². The second-order valence-corrected chi connectivity index (χ2v) is 6.75. The molecular weight excluding hydrogens is 326 g/mol. The van der Waals surface area contributed by atoms with Gasteiger partial charge in [-0.3, -0.25) is 4.79 Å². The molecule has 1 amide bonds. The highest BCUT2D eigenvalue weighted by molar-refractivity contribution is 5.80. The van der Waals surface area contributed by atoms with Crippen molar-refractivity contribution in [1.29, 1.82) is 0 Å². The number of nitrogens with one attached hydrogen (secondary N) is 1. The molecule has 3 rings (SSSR count). The van der Waals surface area contributed by atoms with Crippen molar-refractivity contribution < 1.29 is 9.53 Å². The molecule has 1 unspecified atom stereocenters. The molecule has 1 atom stereocenters. The molecule has 0 aliphatic carbocycles. The number of rotatable bonds is 6. The first kappa shape index (κ1) is 18.3. The van der Waals surface area contributed by atoms with Crippen LogP contribution in [0.1, 0.15) is 12.5 Å². The highest BCUT2D eigenvalue weighted by Gasteiger charge is 2.15. The van der Waals surface area contributed by atoms with Crippen LogP contribution in [-0.2, 0) is 11.3 Å². The number of hydrogen-bond donors (Lipinski definition) is 1. The highest BCUT2D eigenvalue weighted by atomic mass is 16.5. The Morgan fingerprint density at radius 2 is 1.69 bits per heavy atom. The second-order valence-electron chi connectivity index (χ2n) is 6.75. The van der Waals surface area contributed by atoms with Crippen LogP contribution in [0, 0.1) is 0 Å². The van der Waals surface area contributed by atoms with Gasteiger partial charge in [-0.15, -0.1) is 0 Å². The van der Waals surface area contributed by atoms with Crippen molar-refractivity contribution >= 4 is 11.6 Å². The Morgan fingerprint density at radius 3 is 2.35 bits per heavy atom. The Labute approximate surface area is 155 Å². The smallest absolute Gasteiger partial charge is 0.261 e. The number of anilines is 1. The number of carbonyl (C=O) groups excluding carboxylic acids is 1. The van der Waals surface area contributed by atoms with Crippen LogP contribution in [0.3, 0.4) is 0 Å². The molecule has 0 saturated carbocycles. The summed E-state index contributed by atoms with van der Waals surface area (Å²) in [5.74, 6) is 0.587. The molecular formula is C21H27N3O2. The normalized spacial score (nSPS) is 16.2. The molecule has 0 spiro atoms. The fourth-order valence-electron chi connectivity index (χ4n) is 2.98. The van der Waals surface area contributed by atoms with Gasteiger partial charge in [-0.1, -0.05) is 30.3 Å². The van der Waals surface area contributed by atoms with Gasteiger partial charge < -0.3 is 19.9 Å². The SMILES string of the molecule is CC(Oc1ccccc1)C(=O)NCc1ccc(N2CCN(C)CC2)cc1. The Bertz CT molecular complexity index is 695. The minimum Gasteiger partial charge on any atom is -0.481 e. The van der Waals surface area contributed by atoms with Crippen LogP contribution in [0.4, 0.5) is 5.69 Å². The van der Waals surface area contributed by atoms with E-state index in [9.17, 15) is 4.79 Å². The van der Waals surface area contributed by atoms with Gasteiger partial charge in [0.05, 0.1) is 0 Å². The van der Waals surface area contributed by atoms with E-state index >= 15 is 0 Å². The summed E-state index contributed by atoms with van der Waals surface area (Å²) in [6, 6.07) is 17.8. The second kappa shape index (κ2) is 8.72. The molecule has 5 nitrogen and oxygen atoms in total. The Hall–Kier alpha value is -2.53. The maximum Gasteiger partial charge on any atom is 0.261 e. The largest absolute Gasteiger partial charge is 0.481 e. The van der Waals surface area contributed by atoms with Gasteiger partial charge in [-0.2, -0.15) is 0 Å². The fraction of sp³-hybridized carbons (Fsp3) is 0.381. The molecule has 1 N–H and O–H groups in total. The van der Waals surface area contributed by atoms with Crippen molar-refractivity contribution in [1.82, 2.24) is 10.2 Å². The Kier molecular flexibility index (Phi) is 6.12. The zero-order chi connectivity index (χ0) is 18.4. The molecule has 1 saturated heterocycles. The lowest BCUT2D eigenvalue weighted by atomic mass is 10.1. The van der Waals surface area contributed by atoms with Crippen LogP contribution in [-0.4, -0.2) is 50.1 Å². The summed E-state index contributed by atoms with van der Waals surface area (Å²) >= 11 is 0. The first-order valence-electron chi connectivity index (χ1n) is 9.13. The van der Waals surface area contributed by atoms with Crippen molar-refractivity contribution in [3.63, 3.8) is 0 Å². The van der Waals surface area contributed by atoms with E-state index in [-0.39, 0.29) is 5.91 Å². The van der Waals surface area contributed by atoms with E-state index in [1.165, 1.54) is 5.69 Å². The zero-order valence-electron chi connectivity index (χ0n) is 15.5. The van der Waals surface area contributed by atoms with Crippen LogP contribution in [0.2, 0.25) is 0 Å². The number of para-hydroxylation sites is 1. The Morgan fingerprint density at radius 1 is 1.04 bits per heavy atom. The standard InChI is InChI=1S/C21H27N3O2/c1-17(26-20-6-4-3-5-7-20)21(25)22-16-18-8-10-19(11-9-18)24-14-12-23(2)13-15-24/h3-11,17H,12-16H2,1-2H3,(H,22,25). The molecule has 5 heteroatoms. The fourth-order valence-corrected chi connectivity index (χ4v) is 2.98. The van der Waals surface area contributed by atoms with E-state index in [0.717, 1.165) is 31.7 Å². The van der Waals surface area contributed by atoms with Gasteiger partial charge in [0.25, 0.3) is 5.91 Å². The highest BCUT2D eigenvalue weighted by Crippen LogP contribution is 2.17. The van der Waals surface area contributed by atoms with Gasteiger partial charge >= 0.3 is 0 Å². The number of likely N-dealkylation sites (N-methyl/N-ethyl adjacent to an activating group) is 1. The summed E-state index contributed by atoms with van der Waals surface area (Å²) in [4.78, 5) is 17.0. The maximum absolute atomic E-state index is 12.2. The van der Waals surface area contributed by atoms with Gasteiger partial charge in [0.15, 0.2) is 6.10 Å². The quantitative estimate of drug-likeness (QED) is 0.867. The maximum atomic E-state index is 12.2. The number of amides is 1. The third-order valence-electron chi connectivity index (χ3n) is 4.70. The minimum absolute atomic E-state index is 0.114. The number of benzene rings is 2. The van der Waals surface area contributed by atoms with Crippen molar-refractivity contribution in [2.75, 3.05) is 38.1 Å². The summed E-state index contributed by atoms with van der Waals surface area (Å²) in [7, 11) is 2.16. The summed E-state index contributed by atoms with van der Waals surface area (Å²) in [6.07, 6.45) is -0.526. The summed E-state index contributed by atoms with van der Waals surface area (Å²) in [5.41, 5.74) is 2.33. The molecule has 2 aromatic rings. The lowest BCUT2D eigenvalue weighted by Gasteiger charge is -2.34. The van der Waals surface area contributed by atoms with Crippen molar-refractivity contribution in [3.8, 4) is 5.75 Å². The van der Waals surface area contributed by atoms with E-state index in [2.05, 4.69) is 46.4 Å². The van der Waals surface area contributed by atoms with Crippen LogP contribution in [0.25, 0.3) is 0 Å². The number of carbonyl (C=O) groups is 1. The number of ether oxygens (including phenoxy) is 1. The topological polar surface area (TPSA) is 44.8 Å². The number of piperazine rings is 1. The summed E-state index contributed by atoms with van der Waals surface area (Å²) in [6.45, 7) is 6.57. The first-order valence-corrected chi connectivity index (χ1v) is 9.13. The molecule has 1 aliphatic heterocycles. The van der Waals surface area contributed by atoms with Crippen LogP contribution in [0.5, 0.6) is 5.75 Å². The molecule has 138 valence electrons. The van der Waals surface area contributed by atoms with Crippen LogP contribution >= 0.6 is 0 Å². The van der Waals surface area contributed by atoms with E-state index in [4.69, 9.17) is 4.74 Å². The van der Waals surface area contributed by atoms with E-state index in [1.807, 2.05) is 30.3 Å². The third-order valence-corrected chi connectivity index (χ3v) is 4.70. The zero-order valence-corrected chi connectivity index (χ0v) is 15.5. The minimum atomic E-state index is -0.526. The van der Waals surface area contributed by atoms with Gasteiger partial charge in [-0.25, -0.2) is 0 Å². The lowest BCUT2D eigenvalue weighted by Crippen LogP contribution is -2.44. The van der Waals surface area contributed by atoms with Gasteiger partial charge in [-0.05, 0) is 43.8 Å². The van der Waals surface area contributed by atoms with E-state index in [0.29, 0.717) is 12.3 Å².